The molecule has 30 heavy (non-hydrogen) atoms. The van der Waals surface area contributed by atoms with Crippen molar-refractivity contribution in [3.63, 3.8) is 0 Å². The van der Waals surface area contributed by atoms with Crippen LogP contribution in [-0.4, -0.2) is 58.0 Å². The summed E-state index contributed by atoms with van der Waals surface area (Å²) in [5.41, 5.74) is -11.2. The normalized spacial score (nSPS) is 13.5. The summed E-state index contributed by atoms with van der Waals surface area (Å²) < 4.78 is 127. The fourth-order valence-corrected chi connectivity index (χ4v) is 4.77. The molecule has 18 heteroatoms. The van der Waals surface area contributed by atoms with Gasteiger partial charge in [-0.15, -0.1) is 0 Å². The van der Waals surface area contributed by atoms with Crippen molar-refractivity contribution < 1.29 is 61.0 Å². The molecule has 0 spiro atoms. The summed E-state index contributed by atoms with van der Waals surface area (Å²) in [5.74, 6) is 0. The maximum atomic E-state index is 11.4. The van der Waals surface area contributed by atoms with Gasteiger partial charge in [-0.2, -0.15) is 26.3 Å². The van der Waals surface area contributed by atoms with Crippen LogP contribution in [0.5, 0.6) is 0 Å². The molecule has 0 radical (unpaired) electrons. The van der Waals surface area contributed by atoms with E-state index in [4.69, 9.17) is 13.3 Å². The standard InChI is InChI=1S/C10H18NO3Si.C2F6NO4S2/c1-10-5-7-11(8-6-10)9-15(12-2,13-3)14-4;3-1(4,5)14(10,11)9-15(12,13)2(6,7)8/h5-8H,9H2,1-4H3;/q+1;-1. The van der Waals surface area contributed by atoms with Crippen molar-refractivity contribution in [1.82, 2.24) is 0 Å². The Bertz CT molecular complexity index is 835. The summed E-state index contributed by atoms with van der Waals surface area (Å²) in [5, 5.41) is 0. The molecule has 0 N–H and O–H groups in total. The highest BCUT2D eigenvalue weighted by Gasteiger charge is 2.47. The van der Waals surface area contributed by atoms with Crippen LogP contribution in [0.1, 0.15) is 5.56 Å². The molecular formula is C12H18F6N2O7S2Si. The van der Waals surface area contributed by atoms with E-state index in [0.29, 0.717) is 6.17 Å². The van der Waals surface area contributed by atoms with Crippen molar-refractivity contribution in [3.8, 4) is 0 Å². The van der Waals surface area contributed by atoms with Gasteiger partial charge in [-0.25, -0.2) is 21.4 Å². The van der Waals surface area contributed by atoms with Crippen LogP contribution < -0.4 is 4.57 Å². The van der Waals surface area contributed by atoms with Crippen molar-refractivity contribution in [2.24, 2.45) is 0 Å². The largest absolute Gasteiger partial charge is 0.569 e. The van der Waals surface area contributed by atoms with Gasteiger partial charge in [0.2, 0.25) is 6.17 Å². The quantitative estimate of drug-likeness (QED) is 0.313. The van der Waals surface area contributed by atoms with Gasteiger partial charge in [0.1, 0.15) is 0 Å². The number of nitrogens with zero attached hydrogens (tertiary/aromatic N) is 2. The third-order valence-electron chi connectivity index (χ3n) is 3.15. The van der Waals surface area contributed by atoms with E-state index in [1.54, 1.807) is 21.3 Å². The number of alkyl halides is 6. The van der Waals surface area contributed by atoms with Gasteiger partial charge in [0.25, 0.3) is 0 Å². The summed E-state index contributed by atoms with van der Waals surface area (Å²) in [7, 11) is -11.1. The summed E-state index contributed by atoms with van der Waals surface area (Å²) in [6.07, 6.45) is 4.61. The van der Waals surface area contributed by atoms with Crippen LogP contribution >= 0.6 is 0 Å². The third-order valence-corrected chi connectivity index (χ3v) is 8.51. The molecule has 0 aliphatic rings. The molecule has 1 aromatic heterocycles. The van der Waals surface area contributed by atoms with Gasteiger partial charge in [0.05, 0.1) is 0 Å². The zero-order chi connectivity index (χ0) is 24.0. The fourth-order valence-electron chi connectivity index (χ4n) is 1.52. The summed E-state index contributed by atoms with van der Waals surface area (Å²) in [6, 6.07) is 4.08. The Morgan fingerprint density at radius 1 is 0.867 bits per heavy atom. The van der Waals surface area contributed by atoms with Crippen molar-refractivity contribution in [1.29, 1.82) is 0 Å². The van der Waals surface area contributed by atoms with E-state index < -0.39 is 39.9 Å². The maximum Gasteiger partial charge on any atom is 0.569 e. The molecule has 9 nitrogen and oxygen atoms in total. The second-order valence-electron chi connectivity index (χ2n) is 5.26. The average Bonchev–Trinajstić information content (AvgIpc) is 2.59. The Hall–Kier alpha value is -1.31. The number of rotatable bonds is 7. The molecule has 0 aromatic carbocycles. The lowest BCUT2D eigenvalue weighted by Crippen LogP contribution is -2.56. The Kier molecular flexibility index (Phi) is 9.88. The summed E-state index contributed by atoms with van der Waals surface area (Å²) in [4.78, 5) is 0. The topological polar surface area (TPSA) is 114 Å². The highest BCUT2D eigenvalue weighted by Crippen LogP contribution is 2.36. The maximum absolute atomic E-state index is 11.4. The molecule has 0 fully saturated rings. The number of halogens is 6. The third kappa shape index (κ3) is 8.08. The Balaban J connectivity index is 0.000000561. The van der Waals surface area contributed by atoms with Crippen LogP contribution in [0.3, 0.4) is 0 Å². The van der Waals surface area contributed by atoms with Gasteiger partial charge in [-0.3, -0.25) is 0 Å². The van der Waals surface area contributed by atoms with Crippen molar-refractivity contribution in [2.45, 2.75) is 24.1 Å². The van der Waals surface area contributed by atoms with E-state index in [2.05, 4.69) is 6.92 Å². The Morgan fingerprint density at radius 2 is 1.20 bits per heavy atom. The number of pyridine rings is 1. The lowest BCUT2D eigenvalue weighted by atomic mass is 10.3. The average molecular weight is 508 g/mol. The predicted octanol–water partition coefficient (Wildman–Crippen LogP) is 1.76. The molecule has 0 atom stereocenters. The first-order valence-corrected chi connectivity index (χ1v) is 12.2. The minimum atomic E-state index is -6.72. The predicted molar refractivity (Wildman–Crippen MR) is 91.5 cm³/mol. The number of aromatic nitrogens is 1. The smallest absolute Gasteiger partial charge is 0.421 e. The molecule has 0 unspecified atom stereocenters. The van der Waals surface area contributed by atoms with Crippen molar-refractivity contribution >= 4 is 28.9 Å². The van der Waals surface area contributed by atoms with E-state index in [9.17, 15) is 43.2 Å². The number of sulfonamides is 2. The van der Waals surface area contributed by atoms with E-state index in [0.717, 1.165) is 4.13 Å². The Labute approximate surface area is 170 Å². The lowest BCUT2D eigenvalue weighted by molar-refractivity contribution is -0.685. The first-order valence-electron chi connectivity index (χ1n) is 7.34. The van der Waals surface area contributed by atoms with Crippen LogP contribution in [0.4, 0.5) is 26.3 Å². The van der Waals surface area contributed by atoms with Crippen molar-refractivity contribution in [2.75, 3.05) is 21.3 Å². The molecule has 1 heterocycles. The first-order chi connectivity index (χ1) is 13.4. The molecule has 0 amide bonds. The molecule has 0 aliphatic carbocycles. The highest BCUT2D eigenvalue weighted by atomic mass is 32.3. The van der Waals surface area contributed by atoms with Gasteiger partial charge in [0, 0.05) is 33.5 Å². The van der Waals surface area contributed by atoms with Gasteiger partial charge >= 0.3 is 19.8 Å². The molecule has 0 bridgehead atoms. The fraction of sp³-hybridized carbons (Fsp3) is 0.583. The molecule has 0 saturated carbocycles. The monoisotopic (exact) mass is 508 g/mol. The van der Waals surface area contributed by atoms with Gasteiger partial charge in [-0.05, 0) is 12.5 Å². The van der Waals surface area contributed by atoms with E-state index in [1.165, 1.54) is 5.56 Å². The second kappa shape index (κ2) is 10.3. The van der Waals surface area contributed by atoms with Crippen LogP contribution in [-0.2, 0) is 39.5 Å². The highest BCUT2D eigenvalue weighted by molar-refractivity contribution is 8.13. The zero-order valence-electron chi connectivity index (χ0n) is 15.9. The number of hydrogen-bond acceptors (Lipinski definition) is 7. The van der Waals surface area contributed by atoms with Crippen LogP contribution in [0.15, 0.2) is 24.5 Å². The van der Waals surface area contributed by atoms with Gasteiger partial charge in [0.15, 0.2) is 32.4 Å². The number of hydrogen-bond donors (Lipinski definition) is 0. The minimum absolute atomic E-state index is 0.622. The van der Waals surface area contributed by atoms with Gasteiger partial charge in [-0.1, -0.05) is 0 Å². The first kappa shape index (κ1) is 28.7. The minimum Gasteiger partial charge on any atom is -0.421 e. The molecule has 0 aliphatic heterocycles. The Morgan fingerprint density at radius 3 is 1.47 bits per heavy atom. The molecule has 1 aromatic rings. The molecule has 0 saturated heterocycles. The molecule has 1 rings (SSSR count). The molecule has 176 valence electrons. The van der Waals surface area contributed by atoms with Crippen LogP contribution in [0.25, 0.3) is 4.13 Å². The van der Waals surface area contributed by atoms with E-state index in [1.807, 2.05) is 29.1 Å². The van der Waals surface area contributed by atoms with Gasteiger partial charge < -0.3 is 17.4 Å². The van der Waals surface area contributed by atoms with E-state index in [-0.39, 0.29) is 0 Å². The lowest BCUT2D eigenvalue weighted by Gasteiger charge is -2.22. The summed E-state index contributed by atoms with van der Waals surface area (Å²) in [6.45, 7) is 2.05. The van der Waals surface area contributed by atoms with Crippen LogP contribution in [0, 0.1) is 6.92 Å². The zero-order valence-corrected chi connectivity index (χ0v) is 18.5. The van der Waals surface area contributed by atoms with Crippen molar-refractivity contribution in [3.05, 3.63) is 34.2 Å². The number of aryl methyl sites for hydroxylation is 1. The van der Waals surface area contributed by atoms with Crippen LogP contribution in [0.2, 0.25) is 0 Å². The molecular weight excluding hydrogens is 490 g/mol. The SMILES string of the molecule is CO[Si](C[n+]1ccc(C)cc1)(OC)OC.O=S(=O)([N-]S(=O)(=O)C(F)(F)F)C(F)(F)F. The summed E-state index contributed by atoms with van der Waals surface area (Å²) >= 11 is 0. The van der Waals surface area contributed by atoms with E-state index >= 15 is 0 Å². The second-order valence-corrected chi connectivity index (χ2v) is 11.6.